The summed E-state index contributed by atoms with van der Waals surface area (Å²) in [5, 5.41) is 0.769. The van der Waals surface area contributed by atoms with Crippen LogP contribution >= 0.6 is 11.6 Å². The van der Waals surface area contributed by atoms with Crippen LogP contribution in [0.25, 0.3) is 0 Å². The van der Waals surface area contributed by atoms with E-state index >= 15 is 0 Å². The summed E-state index contributed by atoms with van der Waals surface area (Å²) in [4.78, 5) is 0. The molecule has 0 aliphatic heterocycles. The molecule has 0 heterocycles. The van der Waals surface area contributed by atoms with Crippen LogP contribution < -0.4 is 5.73 Å². The highest BCUT2D eigenvalue weighted by molar-refractivity contribution is 6.30. The summed E-state index contributed by atoms with van der Waals surface area (Å²) in [6.45, 7) is 6.62. The van der Waals surface area contributed by atoms with E-state index in [1.165, 1.54) is 25.7 Å². The van der Waals surface area contributed by atoms with Crippen molar-refractivity contribution in [2.45, 2.75) is 58.4 Å². The van der Waals surface area contributed by atoms with Crippen LogP contribution in [-0.4, -0.2) is 0 Å². The van der Waals surface area contributed by atoms with Gasteiger partial charge in [0.15, 0.2) is 0 Å². The molecule has 1 aromatic carbocycles. The maximum absolute atomic E-state index is 6.50. The number of benzene rings is 1. The number of nitrogens with two attached hydrogens (primary N) is 1. The SMILES string of the molecule is CCCCC(CC)CC(C)(N)c1cccc(Cl)c1. The first kappa shape index (κ1) is 15.5. The van der Waals surface area contributed by atoms with E-state index in [4.69, 9.17) is 17.3 Å². The average Bonchev–Trinajstić information content (AvgIpc) is 2.34. The smallest absolute Gasteiger partial charge is 0.0409 e. The summed E-state index contributed by atoms with van der Waals surface area (Å²) in [7, 11) is 0. The Balaban J connectivity index is 2.73. The van der Waals surface area contributed by atoms with Crippen molar-refractivity contribution in [1.82, 2.24) is 0 Å². The predicted octanol–water partition coefficient (Wildman–Crippen LogP) is 5.12. The van der Waals surface area contributed by atoms with Gasteiger partial charge in [-0.15, -0.1) is 0 Å². The van der Waals surface area contributed by atoms with Crippen LogP contribution in [0.4, 0.5) is 0 Å². The maximum atomic E-state index is 6.50. The van der Waals surface area contributed by atoms with Gasteiger partial charge in [-0.1, -0.05) is 63.3 Å². The van der Waals surface area contributed by atoms with E-state index in [0.717, 1.165) is 17.0 Å². The van der Waals surface area contributed by atoms with Gasteiger partial charge in [0.05, 0.1) is 0 Å². The molecule has 1 rings (SSSR count). The zero-order chi connectivity index (χ0) is 13.6. The van der Waals surface area contributed by atoms with Crippen LogP contribution in [0.1, 0.15) is 58.4 Å². The van der Waals surface area contributed by atoms with Crippen LogP contribution in [0.15, 0.2) is 24.3 Å². The van der Waals surface area contributed by atoms with E-state index in [1.807, 2.05) is 18.2 Å². The van der Waals surface area contributed by atoms with Gasteiger partial charge >= 0.3 is 0 Å². The van der Waals surface area contributed by atoms with E-state index in [-0.39, 0.29) is 5.54 Å². The fourth-order valence-corrected chi connectivity index (χ4v) is 2.69. The van der Waals surface area contributed by atoms with Crippen molar-refractivity contribution in [2.75, 3.05) is 0 Å². The molecule has 0 radical (unpaired) electrons. The molecule has 0 saturated carbocycles. The van der Waals surface area contributed by atoms with Gasteiger partial charge in [-0.3, -0.25) is 0 Å². The van der Waals surface area contributed by atoms with Crippen molar-refractivity contribution in [3.05, 3.63) is 34.9 Å². The third-order valence-corrected chi connectivity index (χ3v) is 3.98. The highest BCUT2D eigenvalue weighted by Gasteiger charge is 2.25. The van der Waals surface area contributed by atoms with Crippen LogP contribution in [0, 0.1) is 5.92 Å². The van der Waals surface area contributed by atoms with Crippen molar-refractivity contribution in [3.8, 4) is 0 Å². The van der Waals surface area contributed by atoms with Gasteiger partial charge in [-0.25, -0.2) is 0 Å². The number of unbranched alkanes of at least 4 members (excludes halogenated alkanes) is 1. The Hall–Kier alpha value is -0.530. The first-order chi connectivity index (χ1) is 8.49. The molecule has 0 spiro atoms. The molecule has 2 N–H and O–H groups in total. The lowest BCUT2D eigenvalue weighted by molar-refractivity contribution is 0.315. The highest BCUT2D eigenvalue weighted by Crippen LogP contribution is 2.31. The minimum absolute atomic E-state index is 0.278. The topological polar surface area (TPSA) is 26.0 Å². The summed E-state index contributed by atoms with van der Waals surface area (Å²) in [6, 6.07) is 7.96. The summed E-state index contributed by atoms with van der Waals surface area (Å²) in [5.74, 6) is 0.707. The fraction of sp³-hybridized carbons (Fsp3) is 0.625. The average molecular weight is 268 g/mol. The first-order valence-electron chi connectivity index (χ1n) is 7.04. The van der Waals surface area contributed by atoms with E-state index in [9.17, 15) is 0 Å². The minimum Gasteiger partial charge on any atom is -0.322 e. The van der Waals surface area contributed by atoms with Crippen molar-refractivity contribution < 1.29 is 0 Å². The summed E-state index contributed by atoms with van der Waals surface area (Å²) in [5.41, 5.74) is 7.36. The number of hydrogen-bond donors (Lipinski definition) is 1. The van der Waals surface area contributed by atoms with Crippen LogP contribution in [0.3, 0.4) is 0 Å². The molecule has 2 heteroatoms. The zero-order valence-corrected chi connectivity index (χ0v) is 12.6. The highest BCUT2D eigenvalue weighted by atomic mass is 35.5. The van der Waals surface area contributed by atoms with Crippen molar-refractivity contribution in [1.29, 1.82) is 0 Å². The van der Waals surface area contributed by atoms with Crippen molar-refractivity contribution in [2.24, 2.45) is 11.7 Å². The number of hydrogen-bond acceptors (Lipinski definition) is 1. The number of halogens is 1. The summed E-state index contributed by atoms with van der Waals surface area (Å²) < 4.78 is 0. The molecule has 0 aliphatic rings. The molecular weight excluding hydrogens is 242 g/mol. The van der Waals surface area contributed by atoms with Crippen LogP contribution in [0.5, 0.6) is 0 Å². The monoisotopic (exact) mass is 267 g/mol. The second kappa shape index (κ2) is 7.16. The van der Waals surface area contributed by atoms with Gasteiger partial charge in [-0.05, 0) is 37.0 Å². The van der Waals surface area contributed by atoms with Gasteiger partial charge in [-0.2, -0.15) is 0 Å². The van der Waals surface area contributed by atoms with Gasteiger partial charge in [0.1, 0.15) is 0 Å². The van der Waals surface area contributed by atoms with E-state index < -0.39 is 0 Å². The lowest BCUT2D eigenvalue weighted by Gasteiger charge is -2.30. The Bertz CT molecular complexity index is 360. The van der Waals surface area contributed by atoms with Crippen molar-refractivity contribution in [3.63, 3.8) is 0 Å². The normalized spacial score (nSPS) is 16.3. The standard InChI is InChI=1S/C16H26ClN/c1-4-6-8-13(5-2)12-16(3,18)14-9-7-10-15(17)11-14/h7,9-11,13H,4-6,8,12,18H2,1-3H3. The zero-order valence-electron chi connectivity index (χ0n) is 11.9. The molecule has 0 saturated heterocycles. The largest absolute Gasteiger partial charge is 0.322 e. The van der Waals surface area contributed by atoms with Gasteiger partial charge in [0.2, 0.25) is 0 Å². The molecule has 2 atom stereocenters. The molecule has 1 aromatic rings. The molecule has 0 amide bonds. The predicted molar refractivity (Wildman–Crippen MR) is 80.9 cm³/mol. The molecule has 0 fully saturated rings. The molecule has 102 valence electrons. The van der Waals surface area contributed by atoms with Gasteiger partial charge in [0.25, 0.3) is 0 Å². The lowest BCUT2D eigenvalue weighted by Crippen LogP contribution is -2.35. The Morgan fingerprint density at radius 3 is 2.61 bits per heavy atom. The first-order valence-corrected chi connectivity index (χ1v) is 7.42. The van der Waals surface area contributed by atoms with E-state index in [0.29, 0.717) is 5.92 Å². The minimum atomic E-state index is -0.278. The Labute approximate surface area is 117 Å². The summed E-state index contributed by atoms with van der Waals surface area (Å²) in [6.07, 6.45) is 6.07. The Kier molecular flexibility index (Phi) is 6.17. The van der Waals surface area contributed by atoms with Gasteiger partial charge < -0.3 is 5.73 Å². The second-order valence-electron chi connectivity index (χ2n) is 5.55. The summed E-state index contributed by atoms with van der Waals surface area (Å²) >= 11 is 6.05. The number of rotatable bonds is 7. The molecule has 0 aromatic heterocycles. The molecule has 0 aliphatic carbocycles. The fourth-order valence-electron chi connectivity index (χ4n) is 2.50. The van der Waals surface area contributed by atoms with E-state index in [2.05, 4.69) is 26.8 Å². The third-order valence-electron chi connectivity index (χ3n) is 3.74. The van der Waals surface area contributed by atoms with E-state index in [1.54, 1.807) is 0 Å². The molecule has 1 nitrogen and oxygen atoms in total. The molecular formula is C16H26ClN. The Morgan fingerprint density at radius 1 is 1.33 bits per heavy atom. The Morgan fingerprint density at radius 2 is 2.06 bits per heavy atom. The second-order valence-corrected chi connectivity index (χ2v) is 5.98. The van der Waals surface area contributed by atoms with Crippen LogP contribution in [0.2, 0.25) is 5.02 Å². The lowest BCUT2D eigenvalue weighted by atomic mass is 9.81. The van der Waals surface area contributed by atoms with Crippen LogP contribution in [-0.2, 0) is 5.54 Å². The molecule has 0 bridgehead atoms. The molecule has 2 unspecified atom stereocenters. The quantitative estimate of drug-likeness (QED) is 0.729. The van der Waals surface area contributed by atoms with Gasteiger partial charge in [0, 0.05) is 10.6 Å². The van der Waals surface area contributed by atoms with Crippen molar-refractivity contribution >= 4 is 11.6 Å². The third kappa shape index (κ3) is 4.62. The maximum Gasteiger partial charge on any atom is 0.0409 e. The molecule has 18 heavy (non-hydrogen) atoms.